The molecule has 6 nitrogen and oxygen atoms in total. The number of anilines is 1. The van der Waals surface area contributed by atoms with E-state index < -0.39 is 0 Å². The number of nitrogens with one attached hydrogen (secondary N) is 1. The number of amides is 3. The standard InChI is InChI=1S/C23H19N3O3/c1-14-11-16(21-18(12-14)22(28)26(2)23(21)29)13-20(27)25-17-8-6-15(7-9-17)19-5-3-4-10-24-19/h3-12H,13H2,1-2H3,(H,25,27). The molecule has 0 fully saturated rings. The summed E-state index contributed by atoms with van der Waals surface area (Å²) in [6.45, 7) is 1.84. The fourth-order valence-corrected chi connectivity index (χ4v) is 3.50. The van der Waals surface area contributed by atoms with Crippen LogP contribution in [0, 0.1) is 6.92 Å². The van der Waals surface area contributed by atoms with Crippen molar-refractivity contribution in [1.29, 1.82) is 0 Å². The molecule has 29 heavy (non-hydrogen) atoms. The lowest BCUT2D eigenvalue weighted by molar-refractivity contribution is -0.115. The average Bonchev–Trinajstić information content (AvgIpc) is 2.93. The van der Waals surface area contributed by atoms with Gasteiger partial charge in [-0.1, -0.05) is 24.3 Å². The summed E-state index contributed by atoms with van der Waals surface area (Å²) in [7, 11) is 1.45. The molecule has 3 aromatic rings. The second-order valence-electron chi connectivity index (χ2n) is 7.03. The molecule has 0 radical (unpaired) electrons. The number of nitrogens with zero attached hydrogens (tertiary/aromatic N) is 2. The smallest absolute Gasteiger partial charge is 0.261 e. The first-order valence-corrected chi connectivity index (χ1v) is 9.21. The second kappa shape index (κ2) is 7.31. The van der Waals surface area contributed by atoms with Crippen LogP contribution in [-0.4, -0.2) is 34.7 Å². The number of benzene rings is 2. The van der Waals surface area contributed by atoms with E-state index in [-0.39, 0.29) is 24.1 Å². The normalized spacial score (nSPS) is 12.8. The number of hydrogen-bond acceptors (Lipinski definition) is 4. The Morgan fingerprint density at radius 3 is 2.48 bits per heavy atom. The first-order valence-electron chi connectivity index (χ1n) is 9.21. The predicted octanol–water partition coefficient (Wildman–Crippen LogP) is 3.46. The molecule has 0 spiro atoms. The van der Waals surface area contributed by atoms with Crippen LogP contribution in [0.1, 0.15) is 31.8 Å². The lowest BCUT2D eigenvalue weighted by Gasteiger charge is -2.10. The Kier molecular flexibility index (Phi) is 4.68. The van der Waals surface area contributed by atoms with Gasteiger partial charge in [-0.3, -0.25) is 24.3 Å². The van der Waals surface area contributed by atoms with Crippen LogP contribution < -0.4 is 5.32 Å². The summed E-state index contributed by atoms with van der Waals surface area (Å²) in [5, 5.41) is 2.85. The SMILES string of the molecule is Cc1cc(CC(=O)Nc2ccc(-c3ccccn3)cc2)c2c(c1)C(=O)N(C)C2=O. The monoisotopic (exact) mass is 385 g/mol. The Hall–Kier alpha value is -3.80. The molecule has 1 aliphatic heterocycles. The Labute approximate surface area is 168 Å². The van der Waals surface area contributed by atoms with Crippen molar-refractivity contribution in [3.8, 4) is 11.3 Å². The van der Waals surface area contributed by atoms with Crippen LogP contribution in [0.25, 0.3) is 11.3 Å². The molecule has 1 N–H and O–H groups in total. The molecule has 144 valence electrons. The summed E-state index contributed by atoms with van der Waals surface area (Å²) in [5.41, 5.74) is 4.54. The van der Waals surface area contributed by atoms with Gasteiger partial charge in [0.25, 0.3) is 11.8 Å². The third-order valence-corrected chi connectivity index (χ3v) is 4.90. The minimum atomic E-state index is -0.368. The van der Waals surface area contributed by atoms with Crippen LogP contribution in [0.4, 0.5) is 5.69 Å². The third-order valence-electron chi connectivity index (χ3n) is 4.90. The molecule has 1 aliphatic rings. The molecule has 4 rings (SSSR count). The maximum Gasteiger partial charge on any atom is 0.261 e. The van der Waals surface area contributed by atoms with E-state index in [0.29, 0.717) is 22.4 Å². The molecule has 2 aromatic carbocycles. The van der Waals surface area contributed by atoms with E-state index in [1.165, 1.54) is 7.05 Å². The fourth-order valence-electron chi connectivity index (χ4n) is 3.50. The highest BCUT2D eigenvalue weighted by Gasteiger charge is 2.35. The number of aryl methyl sites for hydroxylation is 1. The molecular weight excluding hydrogens is 366 g/mol. The summed E-state index contributed by atoms with van der Waals surface area (Å²) < 4.78 is 0. The predicted molar refractivity (Wildman–Crippen MR) is 110 cm³/mol. The zero-order valence-electron chi connectivity index (χ0n) is 16.1. The molecule has 2 heterocycles. The van der Waals surface area contributed by atoms with Gasteiger partial charge in [-0.25, -0.2) is 0 Å². The van der Waals surface area contributed by atoms with Crippen LogP contribution >= 0.6 is 0 Å². The Balaban J connectivity index is 1.52. The van der Waals surface area contributed by atoms with E-state index in [0.717, 1.165) is 21.7 Å². The molecule has 0 saturated carbocycles. The molecule has 1 aromatic heterocycles. The Morgan fingerprint density at radius 1 is 1.03 bits per heavy atom. The quantitative estimate of drug-likeness (QED) is 0.698. The zero-order chi connectivity index (χ0) is 20.5. The maximum absolute atomic E-state index is 12.6. The molecule has 3 amide bonds. The minimum absolute atomic E-state index is 0.0128. The fraction of sp³-hybridized carbons (Fsp3) is 0.130. The van der Waals surface area contributed by atoms with Gasteiger partial charge in [0, 0.05) is 24.5 Å². The molecule has 0 saturated heterocycles. The molecule has 0 atom stereocenters. The molecule has 0 unspecified atom stereocenters. The number of imide groups is 1. The summed E-state index contributed by atoms with van der Waals surface area (Å²) in [6.07, 6.45) is 1.74. The van der Waals surface area contributed by atoms with Crippen molar-refractivity contribution in [2.45, 2.75) is 13.3 Å². The van der Waals surface area contributed by atoms with Crippen molar-refractivity contribution in [2.75, 3.05) is 12.4 Å². The summed E-state index contributed by atoms with van der Waals surface area (Å²) in [6, 6.07) is 16.6. The second-order valence-corrected chi connectivity index (χ2v) is 7.03. The van der Waals surface area contributed by atoms with Crippen molar-refractivity contribution in [3.63, 3.8) is 0 Å². The van der Waals surface area contributed by atoms with E-state index in [2.05, 4.69) is 10.3 Å². The van der Waals surface area contributed by atoms with Gasteiger partial charge >= 0.3 is 0 Å². The topological polar surface area (TPSA) is 79.4 Å². The van der Waals surface area contributed by atoms with Gasteiger partial charge in [-0.15, -0.1) is 0 Å². The summed E-state index contributed by atoms with van der Waals surface area (Å²) in [5.74, 6) is -0.953. The summed E-state index contributed by atoms with van der Waals surface area (Å²) >= 11 is 0. The number of pyridine rings is 1. The highest BCUT2D eigenvalue weighted by Crippen LogP contribution is 2.27. The zero-order valence-corrected chi connectivity index (χ0v) is 16.1. The van der Waals surface area contributed by atoms with Crippen LogP contribution in [0.2, 0.25) is 0 Å². The van der Waals surface area contributed by atoms with Gasteiger partial charge in [0.2, 0.25) is 5.91 Å². The molecule has 6 heteroatoms. The van der Waals surface area contributed by atoms with E-state index >= 15 is 0 Å². The van der Waals surface area contributed by atoms with Gasteiger partial charge in [-0.05, 0) is 48.4 Å². The van der Waals surface area contributed by atoms with Crippen molar-refractivity contribution in [3.05, 3.63) is 83.0 Å². The number of carbonyl (C=O) groups is 3. The summed E-state index contributed by atoms with van der Waals surface area (Å²) in [4.78, 5) is 42.6. The van der Waals surface area contributed by atoms with Crippen molar-refractivity contribution >= 4 is 23.4 Å². The van der Waals surface area contributed by atoms with Gasteiger partial charge < -0.3 is 5.32 Å². The minimum Gasteiger partial charge on any atom is -0.326 e. The highest BCUT2D eigenvalue weighted by molar-refractivity contribution is 6.22. The van der Waals surface area contributed by atoms with E-state index in [1.54, 1.807) is 18.3 Å². The van der Waals surface area contributed by atoms with Gasteiger partial charge in [0.1, 0.15) is 0 Å². The van der Waals surface area contributed by atoms with Gasteiger partial charge in [0.05, 0.1) is 23.2 Å². The van der Waals surface area contributed by atoms with Gasteiger partial charge in [-0.2, -0.15) is 0 Å². The number of carbonyl (C=O) groups excluding carboxylic acids is 3. The van der Waals surface area contributed by atoms with Crippen LogP contribution in [0.15, 0.2) is 60.8 Å². The number of aromatic nitrogens is 1. The average molecular weight is 385 g/mol. The maximum atomic E-state index is 12.6. The third kappa shape index (κ3) is 3.52. The first kappa shape index (κ1) is 18.6. The van der Waals surface area contributed by atoms with Gasteiger partial charge in [0.15, 0.2) is 0 Å². The largest absolute Gasteiger partial charge is 0.326 e. The van der Waals surface area contributed by atoms with E-state index in [9.17, 15) is 14.4 Å². The van der Waals surface area contributed by atoms with Crippen molar-refractivity contribution in [2.24, 2.45) is 0 Å². The number of fused-ring (bicyclic) bond motifs is 1. The van der Waals surface area contributed by atoms with Crippen molar-refractivity contribution in [1.82, 2.24) is 9.88 Å². The lowest BCUT2D eigenvalue weighted by Crippen LogP contribution is -2.24. The van der Waals surface area contributed by atoms with E-state index in [4.69, 9.17) is 0 Å². The van der Waals surface area contributed by atoms with Crippen LogP contribution in [-0.2, 0) is 11.2 Å². The van der Waals surface area contributed by atoms with E-state index in [1.807, 2.05) is 49.4 Å². The van der Waals surface area contributed by atoms with Crippen LogP contribution in [0.3, 0.4) is 0 Å². The first-order chi connectivity index (χ1) is 13.9. The molecule has 0 bridgehead atoms. The Morgan fingerprint density at radius 2 is 1.79 bits per heavy atom. The number of rotatable bonds is 4. The number of hydrogen-bond donors (Lipinski definition) is 1. The molecule has 0 aliphatic carbocycles. The van der Waals surface area contributed by atoms with Crippen molar-refractivity contribution < 1.29 is 14.4 Å². The highest BCUT2D eigenvalue weighted by atomic mass is 16.2. The Bertz CT molecular complexity index is 1120. The van der Waals surface area contributed by atoms with Crippen LogP contribution in [0.5, 0.6) is 0 Å². The lowest BCUT2D eigenvalue weighted by atomic mass is 9.97. The molecular formula is C23H19N3O3.